The summed E-state index contributed by atoms with van der Waals surface area (Å²) in [7, 11) is 3.09. The minimum Gasteiger partial charge on any atom is -0.469 e. The topological polar surface area (TPSA) is 49.8 Å². The van der Waals surface area contributed by atoms with Gasteiger partial charge in [-0.25, -0.2) is 8.78 Å². The standard InChI is InChI=1S/C14H25F2NO3/c1-17(10-13(11-18)7-8-13)9-3-5-14(15,16)6-4-12(19)20-2/h18H,3-11H2,1-2H3. The first-order valence-corrected chi connectivity index (χ1v) is 7.07. The van der Waals surface area contributed by atoms with Crippen LogP contribution in [0.4, 0.5) is 8.78 Å². The van der Waals surface area contributed by atoms with E-state index in [-0.39, 0.29) is 24.9 Å². The summed E-state index contributed by atoms with van der Waals surface area (Å²) in [5.74, 6) is -3.41. The Morgan fingerprint density at radius 3 is 2.55 bits per heavy atom. The van der Waals surface area contributed by atoms with Gasteiger partial charge in [0.25, 0.3) is 0 Å². The zero-order valence-electron chi connectivity index (χ0n) is 12.3. The molecule has 1 fully saturated rings. The molecule has 0 aromatic heterocycles. The zero-order valence-corrected chi connectivity index (χ0v) is 12.3. The quantitative estimate of drug-likeness (QED) is 0.626. The highest BCUT2D eigenvalue weighted by atomic mass is 19.3. The van der Waals surface area contributed by atoms with Crippen molar-refractivity contribution in [2.75, 3.05) is 33.9 Å². The molecule has 0 heterocycles. The molecule has 0 aliphatic heterocycles. The summed E-state index contributed by atoms with van der Waals surface area (Å²) in [5, 5.41) is 9.21. The smallest absolute Gasteiger partial charge is 0.305 e. The molecule has 1 aliphatic rings. The maximum Gasteiger partial charge on any atom is 0.305 e. The van der Waals surface area contributed by atoms with Crippen LogP contribution in [0.15, 0.2) is 0 Å². The first kappa shape index (κ1) is 17.3. The number of rotatable bonds is 10. The lowest BCUT2D eigenvalue weighted by Gasteiger charge is -2.23. The fraction of sp³-hybridized carbons (Fsp3) is 0.929. The summed E-state index contributed by atoms with van der Waals surface area (Å²) in [4.78, 5) is 12.8. The van der Waals surface area contributed by atoms with Crippen LogP contribution >= 0.6 is 0 Å². The van der Waals surface area contributed by atoms with Crippen LogP contribution in [-0.4, -0.2) is 55.8 Å². The van der Waals surface area contributed by atoms with Crippen molar-refractivity contribution in [3.63, 3.8) is 0 Å². The van der Waals surface area contributed by atoms with Crippen molar-refractivity contribution < 1.29 is 23.4 Å². The molecule has 1 N–H and O–H groups in total. The van der Waals surface area contributed by atoms with Gasteiger partial charge < -0.3 is 14.7 Å². The van der Waals surface area contributed by atoms with Crippen LogP contribution in [0, 0.1) is 5.41 Å². The van der Waals surface area contributed by atoms with Gasteiger partial charge in [0.2, 0.25) is 5.92 Å². The Morgan fingerprint density at radius 2 is 2.05 bits per heavy atom. The highest BCUT2D eigenvalue weighted by Gasteiger charge is 2.42. The third kappa shape index (κ3) is 6.13. The Morgan fingerprint density at radius 1 is 1.40 bits per heavy atom. The highest BCUT2D eigenvalue weighted by molar-refractivity contribution is 5.69. The number of hydrogen-bond donors (Lipinski definition) is 1. The molecule has 0 aromatic carbocycles. The van der Waals surface area contributed by atoms with Gasteiger partial charge in [0.05, 0.1) is 13.5 Å². The van der Waals surface area contributed by atoms with Crippen molar-refractivity contribution >= 4 is 5.97 Å². The summed E-state index contributed by atoms with van der Waals surface area (Å²) in [6.07, 6.45) is 1.50. The number of methoxy groups -OCH3 is 1. The number of halogens is 2. The molecule has 6 heteroatoms. The molecule has 0 saturated heterocycles. The largest absolute Gasteiger partial charge is 0.469 e. The summed E-state index contributed by atoms with van der Waals surface area (Å²) in [5.41, 5.74) is 0.0160. The molecular formula is C14H25F2NO3. The Balaban J connectivity index is 2.16. The fourth-order valence-electron chi connectivity index (χ4n) is 2.31. The third-order valence-corrected chi connectivity index (χ3v) is 3.90. The number of carbonyl (C=O) groups excluding carboxylic acids is 1. The van der Waals surface area contributed by atoms with E-state index in [2.05, 4.69) is 4.74 Å². The number of alkyl halides is 2. The molecule has 118 valence electrons. The minimum absolute atomic E-state index is 0.0160. The van der Waals surface area contributed by atoms with E-state index in [1.807, 2.05) is 11.9 Å². The van der Waals surface area contributed by atoms with Crippen LogP contribution in [-0.2, 0) is 9.53 Å². The van der Waals surface area contributed by atoms with Crippen LogP contribution in [0.2, 0.25) is 0 Å². The van der Waals surface area contributed by atoms with Crippen LogP contribution < -0.4 is 0 Å². The van der Waals surface area contributed by atoms with Gasteiger partial charge in [0.1, 0.15) is 0 Å². The molecule has 0 radical (unpaired) electrons. The van der Waals surface area contributed by atoms with E-state index in [0.717, 1.165) is 19.4 Å². The predicted molar refractivity (Wildman–Crippen MR) is 71.7 cm³/mol. The second kappa shape index (κ2) is 7.31. The number of nitrogens with zero attached hydrogens (tertiary/aromatic N) is 1. The van der Waals surface area contributed by atoms with Crippen molar-refractivity contribution in [1.82, 2.24) is 4.90 Å². The first-order chi connectivity index (χ1) is 9.32. The van der Waals surface area contributed by atoms with E-state index in [4.69, 9.17) is 0 Å². The summed E-state index contributed by atoms with van der Waals surface area (Å²) >= 11 is 0. The summed E-state index contributed by atoms with van der Waals surface area (Å²) < 4.78 is 31.4. The first-order valence-electron chi connectivity index (χ1n) is 7.07. The lowest BCUT2D eigenvalue weighted by molar-refractivity contribution is -0.143. The third-order valence-electron chi connectivity index (χ3n) is 3.90. The molecule has 20 heavy (non-hydrogen) atoms. The monoisotopic (exact) mass is 293 g/mol. The number of aliphatic hydroxyl groups is 1. The van der Waals surface area contributed by atoms with Crippen molar-refractivity contribution in [1.29, 1.82) is 0 Å². The molecule has 0 unspecified atom stereocenters. The highest BCUT2D eigenvalue weighted by Crippen LogP contribution is 2.45. The van der Waals surface area contributed by atoms with Crippen LogP contribution in [0.1, 0.15) is 38.5 Å². The van der Waals surface area contributed by atoms with Gasteiger partial charge in [-0.3, -0.25) is 4.79 Å². The molecule has 0 bridgehead atoms. The van der Waals surface area contributed by atoms with E-state index in [0.29, 0.717) is 13.0 Å². The normalized spacial score (nSPS) is 17.3. The molecule has 1 aliphatic carbocycles. The molecule has 1 rings (SSSR count). The van der Waals surface area contributed by atoms with E-state index >= 15 is 0 Å². The van der Waals surface area contributed by atoms with E-state index in [1.54, 1.807) is 0 Å². The molecule has 1 saturated carbocycles. The van der Waals surface area contributed by atoms with E-state index in [9.17, 15) is 18.7 Å². The van der Waals surface area contributed by atoms with Gasteiger partial charge in [-0.1, -0.05) is 0 Å². The molecule has 0 atom stereocenters. The van der Waals surface area contributed by atoms with Gasteiger partial charge in [0.15, 0.2) is 0 Å². The number of aliphatic hydroxyl groups excluding tert-OH is 1. The maximum absolute atomic E-state index is 13.5. The van der Waals surface area contributed by atoms with E-state index < -0.39 is 18.3 Å². The predicted octanol–water partition coefficient (Wildman–Crippen LogP) is 2.06. The van der Waals surface area contributed by atoms with E-state index in [1.165, 1.54) is 7.11 Å². The molecule has 0 aromatic rings. The van der Waals surface area contributed by atoms with Crippen LogP contribution in [0.25, 0.3) is 0 Å². The van der Waals surface area contributed by atoms with Gasteiger partial charge >= 0.3 is 5.97 Å². The second-order valence-electron chi connectivity index (χ2n) is 5.93. The Labute approximate surface area is 119 Å². The zero-order chi connectivity index (χ0) is 15.2. The Kier molecular flexibility index (Phi) is 6.33. The number of hydrogen-bond acceptors (Lipinski definition) is 4. The van der Waals surface area contributed by atoms with Gasteiger partial charge in [-0.2, -0.15) is 0 Å². The fourth-order valence-corrected chi connectivity index (χ4v) is 2.31. The Hall–Kier alpha value is -0.750. The van der Waals surface area contributed by atoms with Crippen molar-refractivity contribution in [2.24, 2.45) is 5.41 Å². The summed E-state index contributed by atoms with van der Waals surface area (Å²) in [6, 6.07) is 0. The minimum atomic E-state index is -2.82. The number of carbonyl (C=O) groups is 1. The maximum atomic E-state index is 13.5. The van der Waals surface area contributed by atoms with Crippen molar-refractivity contribution in [2.45, 2.75) is 44.4 Å². The van der Waals surface area contributed by atoms with Crippen molar-refractivity contribution in [3.8, 4) is 0 Å². The lowest BCUT2D eigenvalue weighted by Crippen LogP contribution is -2.30. The van der Waals surface area contributed by atoms with Gasteiger partial charge in [-0.05, 0) is 32.9 Å². The second-order valence-corrected chi connectivity index (χ2v) is 5.93. The average Bonchev–Trinajstić information content (AvgIpc) is 3.16. The lowest BCUT2D eigenvalue weighted by atomic mass is 10.1. The molecule has 4 nitrogen and oxygen atoms in total. The van der Waals surface area contributed by atoms with Crippen LogP contribution in [0.5, 0.6) is 0 Å². The average molecular weight is 293 g/mol. The number of esters is 1. The molecular weight excluding hydrogens is 268 g/mol. The number of ether oxygens (including phenoxy) is 1. The van der Waals surface area contributed by atoms with Crippen molar-refractivity contribution in [3.05, 3.63) is 0 Å². The molecule has 0 amide bonds. The Bertz CT molecular complexity index is 320. The molecule has 0 spiro atoms. The SMILES string of the molecule is COC(=O)CCC(F)(F)CCCN(C)CC1(CO)CC1. The van der Waals surface area contributed by atoms with Gasteiger partial charge in [-0.15, -0.1) is 0 Å². The van der Waals surface area contributed by atoms with Crippen LogP contribution in [0.3, 0.4) is 0 Å². The summed E-state index contributed by atoms with van der Waals surface area (Å²) in [6.45, 7) is 1.51. The van der Waals surface area contributed by atoms with Gasteiger partial charge in [0, 0.05) is 31.4 Å².